The molecule has 7 nitrogen and oxygen atoms in total. The summed E-state index contributed by atoms with van der Waals surface area (Å²) in [7, 11) is 1.62. The SMILES string of the molecule is CCN(CC)c1cc(C(=O)NCCOc2ccc(OC)cc2)nc(C)n1. The van der Waals surface area contributed by atoms with E-state index in [1.807, 2.05) is 24.3 Å². The topological polar surface area (TPSA) is 76.6 Å². The van der Waals surface area contributed by atoms with Gasteiger partial charge in [-0.2, -0.15) is 0 Å². The molecule has 1 heterocycles. The Hall–Kier alpha value is -2.83. The van der Waals surface area contributed by atoms with Crippen molar-refractivity contribution in [1.82, 2.24) is 15.3 Å². The first-order valence-corrected chi connectivity index (χ1v) is 8.73. The number of ether oxygens (including phenoxy) is 2. The molecule has 2 rings (SSSR count). The Balaban J connectivity index is 1.89. The van der Waals surface area contributed by atoms with E-state index in [0.29, 0.717) is 24.7 Å². The van der Waals surface area contributed by atoms with Crippen molar-refractivity contribution in [3.63, 3.8) is 0 Å². The zero-order valence-corrected chi connectivity index (χ0v) is 15.8. The average molecular weight is 358 g/mol. The molecule has 0 fully saturated rings. The van der Waals surface area contributed by atoms with Crippen molar-refractivity contribution >= 4 is 11.7 Å². The molecule has 0 saturated heterocycles. The highest BCUT2D eigenvalue weighted by molar-refractivity contribution is 5.92. The first kappa shape index (κ1) is 19.5. The van der Waals surface area contributed by atoms with E-state index in [4.69, 9.17) is 9.47 Å². The largest absolute Gasteiger partial charge is 0.497 e. The van der Waals surface area contributed by atoms with E-state index in [2.05, 4.69) is 34.0 Å². The van der Waals surface area contributed by atoms with E-state index < -0.39 is 0 Å². The minimum absolute atomic E-state index is 0.234. The number of nitrogens with zero attached hydrogens (tertiary/aromatic N) is 3. The zero-order chi connectivity index (χ0) is 18.9. The summed E-state index contributed by atoms with van der Waals surface area (Å²) in [5.74, 6) is 2.61. The minimum Gasteiger partial charge on any atom is -0.497 e. The van der Waals surface area contributed by atoms with Crippen molar-refractivity contribution in [2.45, 2.75) is 20.8 Å². The molecule has 7 heteroatoms. The van der Waals surface area contributed by atoms with Gasteiger partial charge in [0.25, 0.3) is 5.91 Å². The molecule has 1 amide bonds. The van der Waals surface area contributed by atoms with Crippen LogP contribution in [0.1, 0.15) is 30.2 Å². The molecule has 0 atom stereocenters. The van der Waals surface area contributed by atoms with Crippen molar-refractivity contribution in [3.05, 3.63) is 41.9 Å². The summed E-state index contributed by atoms with van der Waals surface area (Å²) in [6.45, 7) is 8.29. The summed E-state index contributed by atoms with van der Waals surface area (Å²) in [6, 6.07) is 9.02. The second-order valence-corrected chi connectivity index (χ2v) is 5.61. The number of anilines is 1. The summed E-state index contributed by atoms with van der Waals surface area (Å²) in [4.78, 5) is 23.1. The van der Waals surface area contributed by atoms with Crippen LogP contribution < -0.4 is 19.7 Å². The molecule has 0 aliphatic heterocycles. The Kier molecular flexibility index (Phi) is 7.20. The Bertz CT molecular complexity index is 715. The third-order valence-electron chi connectivity index (χ3n) is 3.86. The molecule has 0 unspecified atom stereocenters. The second-order valence-electron chi connectivity index (χ2n) is 5.61. The maximum atomic E-state index is 12.4. The number of aryl methyl sites for hydroxylation is 1. The smallest absolute Gasteiger partial charge is 0.270 e. The van der Waals surface area contributed by atoms with Crippen LogP contribution in [-0.2, 0) is 0 Å². The predicted octanol–water partition coefficient (Wildman–Crippen LogP) is 2.45. The molecule has 0 bridgehead atoms. The summed E-state index contributed by atoms with van der Waals surface area (Å²) in [5, 5.41) is 2.82. The molecule has 140 valence electrons. The molecule has 1 aromatic carbocycles. The molecule has 1 N–H and O–H groups in total. The van der Waals surface area contributed by atoms with Gasteiger partial charge in [0, 0.05) is 19.2 Å². The van der Waals surface area contributed by atoms with Crippen LogP contribution in [0.4, 0.5) is 5.82 Å². The van der Waals surface area contributed by atoms with Crippen LogP contribution in [0.3, 0.4) is 0 Å². The van der Waals surface area contributed by atoms with Crippen LogP contribution >= 0.6 is 0 Å². The van der Waals surface area contributed by atoms with Gasteiger partial charge in [-0.15, -0.1) is 0 Å². The number of carbonyl (C=O) groups excluding carboxylic acids is 1. The Morgan fingerprint density at radius 3 is 2.38 bits per heavy atom. The Morgan fingerprint density at radius 2 is 1.77 bits per heavy atom. The number of hydrogen-bond acceptors (Lipinski definition) is 6. The van der Waals surface area contributed by atoms with Gasteiger partial charge in [0.05, 0.1) is 13.7 Å². The van der Waals surface area contributed by atoms with E-state index >= 15 is 0 Å². The van der Waals surface area contributed by atoms with E-state index in [0.717, 1.165) is 30.4 Å². The Labute approximate surface area is 154 Å². The number of nitrogens with one attached hydrogen (secondary N) is 1. The molecule has 0 aliphatic rings. The fourth-order valence-electron chi connectivity index (χ4n) is 2.47. The van der Waals surface area contributed by atoms with Gasteiger partial charge < -0.3 is 19.7 Å². The van der Waals surface area contributed by atoms with Crippen molar-refractivity contribution in [3.8, 4) is 11.5 Å². The van der Waals surface area contributed by atoms with E-state index in [9.17, 15) is 4.79 Å². The lowest BCUT2D eigenvalue weighted by atomic mass is 10.3. The highest BCUT2D eigenvalue weighted by Gasteiger charge is 2.12. The molecule has 0 spiro atoms. The third-order valence-corrected chi connectivity index (χ3v) is 3.86. The van der Waals surface area contributed by atoms with Crippen molar-refractivity contribution < 1.29 is 14.3 Å². The molecule has 1 aromatic heterocycles. The van der Waals surface area contributed by atoms with Gasteiger partial charge in [0.2, 0.25) is 0 Å². The molecule has 0 radical (unpaired) electrons. The van der Waals surface area contributed by atoms with Crippen LogP contribution in [0.15, 0.2) is 30.3 Å². The molecule has 0 aliphatic carbocycles. The van der Waals surface area contributed by atoms with Gasteiger partial charge in [0.15, 0.2) is 0 Å². The standard InChI is InChI=1S/C19H26N4O3/c1-5-23(6-2)18-13-17(21-14(3)22-18)19(24)20-11-12-26-16-9-7-15(25-4)8-10-16/h7-10,13H,5-6,11-12H2,1-4H3,(H,20,24). The lowest BCUT2D eigenvalue weighted by molar-refractivity contribution is 0.0941. The molecular weight excluding hydrogens is 332 g/mol. The van der Waals surface area contributed by atoms with Gasteiger partial charge in [-0.3, -0.25) is 4.79 Å². The number of hydrogen-bond donors (Lipinski definition) is 1. The zero-order valence-electron chi connectivity index (χ0n) is 15.8. The van der Waals surface area contributed by atoms with Crippen LogP contribution in [0.2, 0.25) is 0 Å². The van der Waals surface area contributed by atoms with E-state index in [1.54, 1.807) is 20.1 Å². The molecule has 2 aromatic rings. The predicted molar refractivity (Wildman–Crippen MR) is 101 cm³/mol. The summed E-state index contributed by atoms with van der Waals surface area (Å²) < 4.78 is 10.7. The lowest BCUT2D eigenvalue weighted by Gasteiger charge is -2.20. The molecule has 0 saturated carbocycles. The number of methoxy groups -OCH3 is 1. The van der Waals surface area contributed by atoms with Crippen molar-refractivity contribution in [2.75, 3.05) is 38.3 Å². The highest BCUT2D eigenvalue weighted by Crippen LogP contribution is 2.16. The van der Waals surface area contributed by atoms with Gasteiger partial charge >= 0.3 is 0 Å². The summed E-state index contributed by atoms with van der Waals surface area (Å²) >= 11 is 0. The van der Waals surface area contributed by atoms with E-state index in [1.165, 1.54) is 0 Å². The van der Waals surface area contributed by atoms with Crippen molar-refractivity contribution in [2.24, 2.45) is 0 Å². The first-order chi connectivity index (χ1) is 12.6. The van der Waals surface area contributed by atoms with Gasteiger partial charge in [-0.05, 0) is 45.0 Å². The Morgan fingerprint density at radius 1 is 1.12 bits per heavy atom. The quantitative estimate of drug-likeness (QED) is 0.694. The fraction of sp³-hybridized carbons (Fsp3) is 0.421. The minimum atomic E-state index is -0.234. The highest BCUT2D eigenvalue weighted by atomic mass is 16.5. The fourth-order valence-corrected chi connectivity index (χ4v) is 2.47. The third kappa shape index (κ3) is 5.34. The van der Waals surface area contributed by atoms with Crippen LogP contribution in [0.25, 0.3) is 0 Å². The van der Waals surface area contributed by atoms with E-state index in [-0.39, 0.29) is 5.91 Å². The second kappa shape index (κ2) is 9.60. The van der Waals surface area contributed by atoms with Crippen LogP contribution in [-0.4, -0.2) is 49.2 Å². The summed E-state index contributed by atoms with van der Waals surface area (Å²) in [6.07, 6.45) is 0. The molecular formula is C19H26N4O3. The maximum absolute atomic E-state index is 12.4. The van der Waals surface area contributed by atoms with Crippen molar-refractivity contribution in [1.29, 1.82) is 0 Å². The number of carbonyl (C=O) groups is 1. The van der Waals surface area contributed by atoms with Gasteiger partial charge in [-0.25, -0.2) is 9.97 Å². The average Bonchev–Trinajstić information content (AvgIpc) is 2.66. The number of amides is 1. The van der Waals surface area contributed by atoms with Crippen LogP contribution in [0.5, 0.6) is 11.5 Å². The van der Waals surface area contributed by atoms with Gasteiger partial charge in [-0.1, -0.05) is 0 Å². The normalized spacial score (nSPS) is 10.3. The number of rotatable bonds is 9. The maximum Gasteiger partial charge on any atom is 0.270 e. The number of benzene rings is 1. The summed E-state index contributed by atoms with van der Waals surface area (Å²) in [5.41, 5.74) is 0.365. The number of aromatic nitrogens is 2. The lowest BCUT2D eigenvalue weighted by Crippen LogP contribution is -2.30. The van der Waals surface area contributed by atoms with Gasteiger partial charge in [0.1, 0.15) is 35.4 Å². The molecule has 26 heavy (non-hydrogen) atoms. The van der Waals surface area contributed by atoms with Crippen LogP contribution in [0, 0.1) is 6.92 Å². The first-order valence-electron chi connectivity index (χ1n) is 8.73. The monoisotopic (exact) mass is 358 g/mol.